The molecule has 0 N–H and O–H groups in total. The number of nitrogens with zero attached hydrogens (tertiary/aromatic N) is 1. The molecule has 5 nitrogen and oxygen atoms in total. The minimum atomic E-state index is -0.315. The maximum atomic E-state index is 11.9. The Hall–Kier alpha value is -1.26. The van der Waals surface area contributed by atoms with Crippen molar-refractivity contribution in [3.8, 4) is 0 Å². The maximum absolute atomic E-state index is 11.9. The van der Waals surface area contributed by atoms with Gasteiger partial charge in [-0.1, -0.05) is 13.3 Å². The number of ether oxygens (including phenoxy) is 2. The molecule has 1 aliphatic heterocycles. The van der Waals surface area contributed by atoms with Crippen molar-refractivity contribution >= 4 is 12.1 Å². The summed E-state index contributed by atoms with van der Waals surface area (Å²) in [6, 6.07) is -0.152. The van der Waals surface area contributed by atoms with Gasteiger partial charge in [-0.3, -0.25) is 4.79 Å². The van der Waals surface area contributed by atoms with Crippen molar-refractivity contribution in [3.05, 3.63) is 0 Å². The van der Waals surface area contributed by atoms with Crippen LogP contribution in [0, 0.1) is 5.92 Å². The second kappa shape index (κ2) is 7.24. The van der Waals surface area contributed by atoms with Crippen LogP contribution >= 0.6 is 0 Å². The Morgan fingerprint density at radius 1 is 1.39 bits per heavy atom. The molecule has 0 saturated carbocycles. The lowest BCUT2D eigenvalue weighted by Gasteiger charge is -2.37. The van der Waals surface area contributed by atoms with E-state index in [-0.39, 0.29) is 24.0 Å². The predicted molar refractivity (Wildman–Crippen MR) is 67.2 cm³/mol. The van der Waals surface area contributed by atoms with Crippen LogP contribution in [0.3, 0.4) is 0 Å². The average molecular weight is 257 g/mol. The molecule has 0 bridgehead atoms. The Labute approximate surface area is 108 Å². The van der Waals surface area contributed by atoms with Crippen molar-refractivity contribution in [2.45, 2.75) is 45.6 Å². The first-order valence-electron chi connectivity index (χ1n) is 6.63. The van der Waals surface area contributed by atoms with E-state index in [2.05, 4.69) is 0 Å². The highest BCUT2D eigenvalue weighted by molar-refractivity contribution is 5.75. The van der Waals surface area contributed by atoms with E-state index in [9.17, 15) is 9.59 Å². The molecule has 1 fully saturated rings. The Morgan fingerprint density at radius 2 is 2.11 bits per heavy atom. The van der Waals surface area contributed by atoms with Gasteiger partial charge in [0.05, 0.1) is 19.6 Å². The Kier molecular flexibility index (Phi) is 5.95. The highest BCUT2D eigenvalue weighted by Gasteiger charge is 2.36. The number of rotatable bonds is 4. The summed E-state index contributed by atoms with van der Waals surface area (Å²) in [5.74, 6) is -0.476. The lowest BCUT2D eigenvalue weighted by molar-refractivity contribution is -0.148. The first-order valence-corrected chi connectivity index (χ1v) is 6.63. The quantitative estimate of drug-likeness (QED) is 0.572. The van der Waals surface area contributed by atoms with Crippen molar-refractivity contribution in [2.24, 2.45) is 5.92 Å². The number of amides is 1. The van der Waals surface area contributed by atoms with Gasteiger partial charge in [0.15, 0.2) is 0 Å². The number of piperidine rings is 1. The molecule has 0 radical (unpaired) electrons. The van der Waals surface area contributed by atoms with E-state index >= 15 is 0 Å². The molecule has 2 unspecified atom stereocenters. The van der Waals surface area contributed by atoms with Crippen LogP contribution < -0.4 is 0 Å². The van der Waals surface area contributed by atoms with E-state index < -0.39 is 0 Å². The molecule has 1 heterocycles. The van der Waals surface area contributed by atoms with E-state index in [1.165, 1.54) is 7.11 Å². The molecule has 1 amide bonds. The summed E-state index contributed by atoms with van der Waals surface area (Å²) < 4.78 is 9.96. The van der Waals surface area contributed by atoms with E-state index in [1.54, 1.807) is 4.90 Å². The SMILES string of the molecule is CCCCOC(=O)N1CCCC(C(=O)OC)C1C. The van der Waals surface area contributed by atoms with E-state index in [1.807, 2.05) is 13.8 Å². The number of esters is 1. The average Bonchev–Trinajstić information content (AvgIpc) is 2.38. The summed E-state index contributed by atoms with van der Waals surface area (Å²) in [5, 5.41) is 0. The van der Waals surface area contributed by atoms with Crippen LogP contribution in [0.25, 0.3) is 0 Å². The fourth-order valence-corrected chi connectivity index (χ4v) is 2.25. The molecule has 5 heteroatoms. The molecule has 1 rings (SSSR count). The van der Waals surface area contributed by atoms with Crippen LogP contribution in [0.2, 0.25) is 0 Å². The van der Waals surface area contributed by atoms with Gasteiger partial charge in [-0.25, -0.2) is 4.79 Å². The zero-order valence-electron chi connectivity index (χ0n) is 11.5. The second-order valence-electron chi connectivity index (χ2n) is 4.67. The van der Waals surface area contributed by atoms with Crippen LogP contribution in [0.4, 0.5) is 4.79 Å². The minimum Gasteiger partial charge on any atom is -0.469 e. The van der Waals surface area contributed by atoms with E-state index in [4.69, 9.17) is 9.47 Å². The Morgan fingerprint density at radius 3 is 2.72 bits per heavy atom. The van der Waals surface area contributed by atoms with Crippen molar-refractivity contribution in [3.63, 3.8) is 0 Å². The number of unbranched alkanes of at least 4 members (excludes halogenated alkanes) is 1. The summed E-state index contributed by atoms with van der Waals surface area (Å²) >= 11 is 0. The summed E-state index contributed by atoms with van der Waals surface area (Å²) in [7, 11) is 1.38. The van der Waals surface area contributed by atoms with Gasteiger partial charge in [0.1, 0.15) is 0 Å². The molecule has 104 valence electrons. The summed E-state index contributed by atoms with van der Waals surface area (Å²) in [6.45, 7) is 5.02. The highest BCUT2D eigenvalue weighted by atomic mass is 16.6. The maximum Gasteiger partial charge on any atom is 0.410 e. The van der Waals surface area contributed by atoms with Crippen molar-refractivity contribution < 1.29 is 19.1 Å². The zero-order valence-corrected chi connectivity index (χ0v) is 11.5. The van der Waals surface area contributed by atoms with Crippen molar-refractivity contribution in [1.29, 1.82) is 0 Å². The second-order valence-corrected chi connectivity index (χ2v) is 4.67. The molecule has 1 saturated heterocycles. The lowest BCUT2D eigenvalue weighted by atomic mass is 9.90. The number of carbonyl (C=O) groups excluding carboxylic acids is 2. The zero-order chi connectivity index (χ0) is 13.5. The van der Waals surface area contributed by atoms with Gasteiger partial charge in [-0.05, 0) is 26.2 Å². The standard InChI is InChI=1S/C13H23NO4/c1-4-5-9-18-13(16)14-8-6-7-11(10(14)2)12(15)17-3/h10-11H,4-9H2,1-3H3. The molecule has 18 heavy (non-hydrogen) atoms. The largest absolute Gasteiger partial charge is 0.469 e. The topological polar surface area (TPSA) is 55.8 Å². The fraction of sp³-hybridized carbons (Fsp3) is 0.846. The predicted octanol–water partition coefficient (Wildman–Crippen LogP) is 2.20. The van der Waals surface area contributed by atoms with Crippen LogP contribution in [-0.4, -0.2) is 43.3 Å². The molecule has 0 aromatic heterocycles. The molecule has 0 aromatic carbocycles. The Bertz CT molecular complexity index is 293. The number of methoxy groups -OCH3 is 1. The minimum absolute atomic E-state index is 0.152. The smallest absolute Gasteiger partial charge is 0.410 e. The third-order valence-corrected chi connectivity index (χ3v) is 3.45. The summed E-state index contributed by atoms with van der Waals surface area (Å²) in [5.41, 5.74) is 0. The van der Waals surface area contributed by atoms with Gasteiger partial charge in [-0.2, -0.15) is 0 Å². The molecular formula is C13H23NO4. The first-order chi connectivity index (χ1) is 8.61. The van der Waals surface area contributed by atoms with Crippen LogP contribution in [0.15, 0.2) is 0 Å². The van der Waals surface area contributed by atoms with E-state index in [0.29, 0.717) is 13.2 Å². The molecule has 2 atom stereocenters. The van der Waals surface area contributed by atoms with Crippen LogP contribution in [0.1, 0.15) is 39.5 Å². The number of carbonyl (C=O) groups is 2. The normalized spacial score (nSPS) is 23.6. The Balaban J connectivity index is 2.54. The third kappa shape index (κ3) is 3.62. The van der Waals surface area contributed by atoms with Gasteiger partial charge in [-0.15, -0.1) is 0 Å². The van der Waals surface area contributed by atoms with Crippen molar-refractivity contribution in [1.82, 2.24) is 4.90 Å². The molecule has 1 aliphatic rings. The van der Waals surface area contributed by atoms with E-state index in [0.717, 1.165) is 25.7 Å². The van der Waals surface area contributed by atoms with Gasteiger partial charge in [0.25, 0.3) is 0 Å². The van der Waals surface area contributed by atoms with Crippen LogP contribution in [0.5, 0.6) is 0 Å². The summed E-state index contributed by atoms with van der Waals surface area (Å²) in [4.78, 5) is 25.1. The third-order valence-electron chi connectivity index (χ3n) is 3.45. The number of likely N-dealkylation sites (tertiary alicyclic amines) is 1. The molecule has 0 aliphatic carbocycles. The fourth-order valence-electron chi connectivity index (χ4n) is 2.25. The first kappa shape index (κ1) is 14.8. The van der Waals surface area contributed by atoms with Gasteiger partial charge in [0.2, 0.25) is 0 Å². The molecule has 0 spiro atoms. The van der Waals surface area contributed by atoms with Crippen molar-refractivity contribution in [2.75, 3.05) is 20.3 Å². The summed E-state index contributed by atoms with van der Waals surface area (Å²) in [6.07, 6.45) is 3.13. The van der Waals surface area contributed by atoms with Gasteiger partial charge >= 0.3 is 12.1 Å². The molecular weight excluding hydrogens is 234 g/mol. The highest BCUT2D eigenvalue weighted by Crippen LogP contribution is 2.25. The van der Waals surface area contributed by atoms with Crippen LogP contribution in [-0.2, 0) is 14.3 Å². The molecule has 0 aromatic rings. The van der Waals surface area contributed by atoms with Gasteiger partial charge in [0, 0.05) is 12.6 Å². The lowest BCUT2D eigenvalue weighted by Crippen LogP contribution is -2.49. The number of hydrogen-bond donors (Lipinski definition) is 0. The monoisotopic (exact) mass is 257 g/mol. The van der Waals surface area contributed by atoms with Gasteiger partial charge < -0.3 is 14.4 Å². The number of hydrogen-bond acceptors (Lipinski definition) is 4.